The number of nitrogens with one attached hydrogen (secondary N) is 4. The maximum atomic E-state index is 4.71. The highest BCUT2D eigenvalue weighted by Gasteiger charge is 2.16. The summed E-state index contributed by atoms with van der Waals surface area (Å²) >= 11 is 0. The van der Waals surface area contributed by atoms with Gasteiger partial charge in [-0.05, 0) is 104 Å². The third kappa shape index (κ3) is 5.65. The molecule has 1 fully saturated rings. The first-order valence-corrected chi connectivity index (χ1v) is 14.3. The number of nitrogens with zero attached hydrogens (tertiary/aromatic N) is 2. The number of fused-ring (bicyclic) bond motifs is 2. The van der Waals surface area contributed by atoms with Gasteiger partial charge in [-0.3, -0.25) is 10.1 Å². The number of hydrogen-bond donors (Lipinski definition) is 4. The van der Waals surface area contributed by atoms with Gasteiger partial charge in [-0.2, -0.15) is 5.10 Å². The molecule has 0 spiro atoms. The number of allylic oxidation sites excluding steroid dienone is 5. The molecule has 0 radical (unpaired) electrons. The van der Waals surface area contributed by atoms with Crippen molar-refractivity contribution in [1.29, 1.82) is 0 Å². The highest BCUT2D eigenvalue weighted by atomic mass is 15.1. The molecule has 6 heteroatoms. The van der Waals surface area contributed by atoms with Gasteiger partial charge in [0.2, 0.25) is 0 Å². The van der Waals surface area contributed by atoms with Crippen LogP contribution in [0.4, 0.5) is 0 Å². The molecule has 1 aliphatic heterocycles. The van der Waals surface area contributed by atoms with E-state index in [-0.39, 0.29) is 0 Å². The van der Waals surface area contributed by atoms with Crippen LogP contribution >= 0.6 is 0 Å². The average Bonchev–Trinajstić information content (AvgIpc) is 3.64. The van der Waals surface area contributed by atoms with Gasteiger partial charge >= 0.3 is 0 Å². The minimum Gasteiger partial charge on any atom is -0.359 e. The molecule has 1 saturated heterocycles. The van der Waals surface area contributed by atoms with Crippen molar-refractivity contribution < 1.29 is 0 Å². The van der Waals surface area contributed by atoms with Crippen molar-refractivity contribution in [3.8, 4) is 22.5 Å². The summed E-state index contributed by atoms with van der Waals surface area (Å²) in [6.45, 7) is 12.6. The second-order valence-corrected chi connectivity index (χ2v) is 10.7. The molecule has 0 bridgehead atoms. The lowest BCUT2D eigenvalue weighted by Crippen LogP contribution is -2.28. The van der Waals surface area contributed by atoms with Gasteiger partial charge in [-0.1, -0.05) is 43.5 Å². The first kappa shape index (κ1) is 26.5. The van der Waals surface area contributed by atoms with E-state index in [4.69, 9.17) is 5.10 Å². The topological polar surface area (TPSA) is 81.4 Å². The molecule has 5 aromatic rings. The van der Waals surface area contributed by atoms with Gasteiger partial charge in [0, 0.05) is 45.6 Å². The summed E-state index contributed by atoms with van der Waals surface area (Å²) in [7, 11) is 0. The van der Waals surface area contributed by atoms with E-state index in [1.165, 1.54) is 12.8 Å². The first-order valence-electron chi connectivity index (χ1n) is 14.3. The van der Waals surface area contributed by atoms with Crippen LogP contribution in [0, 0.1) is 5.92 Å². The molecular weight excluding hydrogens is 504 g/mol. The Balaban J connectivity index is 1.30. The number of H-pyrrole nitrogens is 2. The van der Waals surface area contributed by atoms with Crippen LogP contribution in [0.15, 0.2) is 110 Å². The molecule has 4 heterocycles. The molecular formula is C35H36N6. The maximum absolute atomic E-state index is 4.71. The van der Waals surface area contributed by atoms with Crippen LogP contribution in [0.3, 0.4) is 0 Å². The predicted octanol–water partition coefficient (Wildman–Crippen LogP) is 7.74. The van der Waals surface area contributed by atoms with Crippen LogP contribution in [0.5, 0.6) is 0 Å². The highest BCUT2D eigenvalue weighted by molar-refractivity contribution is 6.01. The summed E-state index contributed by atoms with van der Waals surface area (Å²) in [4.78, 5) is 7.91. The van der Waals surface area contributed by atoms with Crippen LogP contribution in [0.25, 0.3) is 49.9 Å². The summed E-state index contributed by atoms with van der Waals surface area (Å²) in [5.74, 6) is 0.676. The van der Waals surface area contributed by atoms with Crippen molar-refractivity contribution in [2.24, 2.45) is 5.92 Å². The molecule has 2 aromatic carbocycles. The summed E-state index contributed by atoms with van der Waals surface area (Å²) in [5, 5.41) is 17.1. The molecule has 0 aliphatic carbocycles. The largest absolute Gasteiger partial charge is 0.359 e. The van der Waals surface area contributed by atoms with E-state index >= 15 is 0 Å². The zero-order chi connectivity index (χ0) is 28.2. The molecule has 4 N–H and O–H groups in total. The second-order valence-electron chi connectivity index (χ2n) is 10.7. The minimum absolute atomic E-state index is 0.676. The lowest BCUT2D eigenvalue weighted by molar-refractivity contribution is 0.368. The predicted molar refractivity (Wildman–Crippen MR) is 171 cm³/mol. The van der Waals surface area contributed by atoms with E-state index in [9.17, 15) is 0 Å². The standard InChI is InChI=1S/C35H36N6/c1-4-25(19-28(5-2)38-23(3)18-24-13-16-36-17-14-24)26-11-12-33-31(20-26)35(41-40-33)34-21-30-29(9-6-10-32(30)39-34)27-8-7-15-37-22-27/h4-12,15,19-22,24,36,38-39H,2-3,13-14,16-18H2,1H3,(H,40,41)/b25-4+,28-19+. The fourth-order valence-corrected chi connectivity index (χ4v) is 5.79. The fraction of sp³-hybridized carbons (Fsp3) is 0.200. The molecule has 206 valence electrons. The van der Waals surface area contributed by atoms with Crippen molar-refractivity contribution in [2.75, 3.05) is 13.1 Å². The Labute approximate surface area is 241 Å². The third-order valence-electron chi connectivity index (χ3n) is 7.94. The maximum Gasteiger partial charge on any atom is 0.116 e. The Morgan fingerprint density at radius 2 is 1.93 bits per heavy atom. The van der Waals surface area contributed by atoms with E-state index in [1.54, 1.807) is 6.20 Å². The van der Waals surface area contributed by atoms with Crippen LogP contribution < -0.4 is 10.6 Å². The summed E-state index contributed by atoms with van der Waals surface area (Å²) in [6.07, 6.45) is 13.2. The lowest BCUT2D eigenvalue weighted by Gasteiger charge is -2.24. The van der Waals surface area contributed by atoms with Gasteiger partial charge in [0.25, 0.3) is 0 Å². The third-order valence-corrected chi connectivity index (χ3v) is 7.94. The molecule has 6 rings (SSSR count). The van der Waals surface area contributed by atoms with E-state index in [0.29, 0.717) is 5.92 Å². The number of rotatable bonds is 9. The van der Waals surface area contributed by atoms with E-state index < -0.39 is 0 Å². The zero-order valence-electron chi connectivity index (χ0n) is 23.5. The van der Waals surface area contributed by atoms with Crippen molar-refractivity contribution in [1.82, 2.24) is 30.8 Å². The smallest absolute Gasteiger partial charge is 0.116 e. The van der Waals surface area contributed by atoms with E-state index in [0.717, 1.165) is 86.4 Å². The number of pyridine rings is 1. The van der Waals surface area contributed by atoms with Crippen molar-refractivity contribution >= 4 is 27.4 Å². The van der Waals surface area contributed by atoms with Crippen molar-refractivity contribution in [2.45, 2.75) is 26.2 Å². The lowest BCUT2D eigenvalue weighted by atomic mass is 9.93. The first-order chi connectivity index (χ1) is 20.1. The zero-order valence-corrected chi connectivity index (χ0v) is 23.5. The van der Waals surface area contributed by atoms with Gasteiger partial charge in [-0.15, -0.1) is 0 Å². The Bertz CT molecular complexity index is 1760. The summed E-state index contributed by atoms with van der Waals surface area (Å²) in [5.41, 5.74) is 10.4. The van der Waals surface area contributed by atoms with Crippen molar-refractivity contribution in [3.63, 3.8) is 0 Å². The molecule has 6 nitrogen and oxygen atoms in total. The number of aromatic nitrogens is 4. The molecule has 41 heavy (non-hydrogen) atoms. The van der Waals surface area contributed by atoms with Gasteiger partial charge in [0.15, 0.2) is 0 Å². The molecule has 0 unspecified atom stereocenters. The fourth-order valence-electron chi connectivity index (χ4n) is 5.79. The van der Waals surface area contributed by atoms with E-state index in [1.807, 2.05) is 18.3 Å². The Hall–Kier alpha value is -4.68. The summed E-state index contributed by atoms with van der Waals surface area (Å²) in [6, 6.07) is 19.0. The van der Waals surface area contributed by atoms with Gasteiger partial charge in [0.1, 0.15) is 5.69 Å². The van der Waals surface area contributed by atoms with Crippen LogP contribution in [-0.2, 0) is 0 Å². The average molecular weight is 541 g/mol. The Kier molecular flexibility index (Phi) is 7.65. The normalized spacial score (nSPS) is 15.0. The SMILES string of the molecule is C=C/C(=C\C(=C/C)c1ccc2[nH]nc(-c3cc4c(-c5cccnc5)cccc4[nH]3)c2c1)NC(=C)CC1CCNCC1. The minimum atomic E-state index is 0.676. The molecule has 0 saturated carbocycles. The van der Waals surface area contributed by atoms with Gasteiger partial charge < -0.3 is 15.6 Å². The molecule has 3 aromatic heterocycles. The Morgan fingerprint density at radius 1 is 1.05 bits per heavy atom. The quantitative estimate of drug-likeness (QED) is 0.144. The number of hydrogen-bond acceptors (Lipinski definition) is 4. The highest BCUT2D eigenvalue weighted by Crippen LogP contribution is 2.35. The second kappa shape index (κ2) is 11.8. The Morgan fingerprint density at radius 3 is 2.71 bits per heavy atom. The molecule has 0 amide bonds. The van der Waals surface area contributed by atoms with Gasteiger partial charge in [0.05, 0.1) is 11.2 Å². The van der Waals surface area contributed by atoms with Crippen molar-refractivity contribution in [3.05, 3.63) is 115 Å². The molecule has 0 atom stereocenters. The number of piperidine rings is 1. The van der Waals surface area contributed by atoms with Gasteiger partial charge in [-0.25, -0.2) is 0 Å². The number of benzene rings is 2. The molecule has 1 aliphatic rings. The summed E-state index contributed by atoms with van der Waals surface area (Å²) < 4.78 is 0. The van der Waals surface area contributed by atoms with Crippen LogP contribution in [0.2, 0.25) is 0 Å². The van der Waals surface area contributed by atoms with Crippen LogP contribution in [-0.4, -0.2) is 33.3 Å². The number of aromatic amines is 2. The monoisotopic (exact) mass is 540 g/mol. The van der Waals surface area contributed by atoms with E-state index in [2.05, 4.69) is 106 Å². The van der Waals surface area contributed by atoms with Crippen LogP contribution in [0.1, 0.15) is 31.7 Å².